The van der Waals surface area contributed by atoms with Gasteiger partial charge in [0.1, 0.15) is 11.5 Å². The molecule has 2 N–H and O–H groups in total. The molecule has 0 aliphatic carbocycles. The molecule has 2 unspecified atom stereocenters. The molecule has 0 heterocycles. The molecule has 0 aromatic heterocycles. The van der Waals surface area contributed by atoms with Crippen molar-refractivity contribution >= 4 is 46.7 Å². The van der Waals surface area contributed by atoms with Crippen LogP contribution in [0.1, 0.15) is 25.0 Å². The Bertz CT molecular complexity index is 1300. The molecule has 0 radical (unpaired) electrons. The number of thioether (sulfide) groups is 2. The van der Waals surface area contributed by atoms with Gasteiger partial charge in [0.25, 0.3) is 0 Å². The molecule has 5 nitrogen and oxygen atoms in total. The summed E-state index contributed by atoms with van der Waals surface area (Å²) in [6.45, 7) is 6.59. The van der Waals surface area contributed by atoms with Crippen molar-refractivity contribution in [3.63, 3.8) is 0 Å². The van der Waals surface area contributed by atoms with E-state index in [0.29, 0.717) is 37.8 Å². The van der Waals surface area contributed by atoms with Crippen LogP contribution in [0.5, 0.6) is 11.5 Å². The lowest BCUT2D eigenvalue weighted by Crippen LogP contribution is -2.39. The summed E-state index contributed by atoms with van der Waals surface area (Å²) in [5.41, 5.74) is 1.76. The zero-order valence-corrected chi connectivity index (χ0v) is 27.5. The number of phenolic OH excluding ortho intramolecular Hbond substituents is 2. The van der Waals surface area contributed by atoms with Crippen LogP contribution < -0.4 is 0 Å². The Kier molecular flexibility index (Phi) is 13.4. The lowest BCUT2D eigenvalue weighted by Gasteiger charge is -2.31. The second kappa shape index (κ2) is 17.2. The molecule has 228 valence electrons. The number of para-hydroxylation sites is 2. The van der Waals surface area contributed by atoms with Gasteiger partial charge in [0.15, 0.2) is 0 Å². The third kappa shape index (κ3) is 10.9. The molecule has 0 amide bonds. The number of hydrogen-bond donors (Lipinski definition) is 2. The summed E-state index contributed by atoms with van der Waals surface area (Å²) < 4.78 is 6.33. The lowest BCUT2D eigenvalue weighted by atomic mass is 10.1. The van der Waals surface area contributed by atoms with Gasteiger partial charge in [0.2, 0.25) is 0 Å². The van der Waals surface area contributed by atoms with Crippen LogP contribution in [0.25, 0.3) is 0 Å². The Balaban J connectivity index is 1.38. The Morgan fingerprint density at radius 3 is 1.35 bits per heavy atom. The number of rotatable bonds is 16. The number of halogens is 2. The normalized spacial score (nSPS) is 13.0. The molecule has 4 rings (SSSR count). The highest BCUT2D eigenvalue weighted by atomic mass is 35.5. The summed E-state index contributed by atoms with van der Waals surface area (Å²) in [6.07, 6.45) is 0. The van der Waals surface area contributed by atoms with Crippen LogP contribution >= 0.6 is 46.7 Å². The van der Waals surface area contributed by atoms with Gasteiger partial charge < -0.3 is 14.9 Å². The number of nitrogens with zero attached hydrogens (tertiary/aromatic N) is 2. The number of aromatic hydroxyl groups is 2. The number of phenols is 2. The van der Waals surface area contributed by atoms with Gasteiger partial charge in [-0.15, -0.1) is 23.5 Å². The van der Waals surface area contributed by atoms with Gasteiger partial charge >= 0.3 is 0 Å². The molecule has 43 heavy (non-hydrogen) atoms. The maximum Gasteiger partial charge on any atom is 0.120 e. The van der Waals surface area contributed by atoms with Crippen molar-refractivity contribution in [3.8, 4) is 11.5 Å². The second-order valence-electron chi connectivity index (χ2n) is 10.4. The summed E-state index contributed by atoms with van der Waals surface area (Å²) in [4.78, 5) is 6.89. The van der Waals surface area contributed by atoms with E-state index in [-0.39, 0.29) is 12.1 Å². The summed E-state index contributed by atoms with van der Waals surface area (Å²) in [6, 6.07) is 30.8. The highest BCUT2D eigenvalue weighted by molar-refractivity contribution is 7.99. The molecular weight excluding hydrogens is 619 g/mol. The molecule has 0 bridgehead atoms. The Labute approximate surface area is 273 Å². The van der Waals surface area contributed by atoms with Gasteiger partial charge in [0.05, 0.1) is 13.2 Å². The quantitative estimate of drug-likeness (QED) is 0.0922. The van der Waals surface area contributed by atoms with Crippen LogP contribution in [0.15, 0.2) is 107 Å². The maximum absolute atomic E-state index is 10.4. The first-order valence-electron chi connectivity index (χ1n) is 14.1. The van der Waals surface area contributed by atoms with Crippen molar-refractivity contribution in [3.05, 3.63) is 118 Å². The molecule has 4 aromatic rings. The number of ether oxygens (including phenoxy) is 1. The molecule has 9 heteroatoms. The van der Waals surface area contributed by atoms with E-state index in [1.165, 1.54) is 0 Å². The van der Waals surface area contributed by atoms with E-state index in [9.17, 15) is 10.2 Å². The monoisotopic (exact) mass is 656 g/mol. The minimum Gasteiger partial charge on any atom is -0.508 e. The topological polar surface area (TPSA) is 56.2 Å². The van der Waals surface area contributed by atoms with Crippen LogP contribution in [0, 0.1) is 0 Å². The SMILES string of the molecule is CC(COCC(C)N(CSc1ccc(Cl)cc1)Cc1ccccc1O)N(CSc1ccc(Cl)cc1)Cc1ccccc1O. The van der Waals surface area contributed by atoms with Crippen molar-refractivity contribution in [1.29, 1.82) is 0 Å². The fourth-order valence-corrected chi connectivity index (χ4v) is 6.61. The molecular formula is C34H38Cl2N2O3S2. The van der Waals surface area contributed by atoms with Crippen LogP contribution in [0.2, 0.25) is 10.0 Å². The zero-order chi connectivity index (χ0) is 30.6. The van der Waals surface area contributed by atoms with Crippen LogP contribution in [0.3, 0.4) is 0 Å². The standard InChI is InChI=1S/C34H38Cl2N2O3S2/c1-25(37(19-27-7-3-5-9-33(27)39)23-42-31-15-11-29(35)12-16-31)21-41-22-26(2)38(20-28-8-4-6-10-34(28)40)24-43-32-17-13-30(36)14-18-32/h3-18,25-26,39-40H,19-24H2,1-2H3. The van der Waals surface area contributed by atoms with Crippen molar-refractivity contribution < 1.29 is 14.9 Å². The van der Waals surface area contributed by atoms with Crippen molar-refractivity contribution in [2.75, 3.05) is 25.0 Å². The smallest absolute Gasteiger partial charge is 0.120 e. The highest BCUT2D eigenvalue weighted by Gasteiger charge is 2.20. The average Bonchev–Trinajstić information content (AvgIpc) is 3.00. The van der Waals surface area contributed by atoms with E-state index in [1.807, 2.05) is 84.9 Å². The molecule has 4 aromatic carbocycles. The van der Waals surface area contributed by atoms with Gasteiger partial charge in [-0.1, -0.05) is 59.6 Å². The third-order valence-corrected chi connectivity index (χ3v) is 9.75. The molecule has 0 saturated carbocycles. The Morgan fingerprint density at radius 1 is 0.605 bits per heavy atom. The Morgan fingerprint density at radius 2 is 0.977 bits per heavy atom. The van der Waals surface area contributed by atoms with Crippen molar-refractivity contribution in [1.82, 2.24) is 9.80 Å². The first-order valence-corrected chi connectivity index (χ1v) is 16.9. The number of benzene rings is 4. The van der Waals surface area contributed by atoms with E-state index in [2.05, 4.69) is 23.6 Å². The van der Waals surface area contributed by atoms with Crippen LogP contribution in [0.4, 0.5) is 0 Å². The van der Waals surface area contributed by atoms with Gasteiger partial charge in [-0.3, -0.25) is 9.80 Å². The second-order valence-corrected chi connectivity index (χ2v) is 13.4. The van der Waals surface area contributed by atoms with Crippen molar-refractivity contribution in [2.45, 2.75) is 48.8 Å². The summed E-state index contributed by atoms with van der Waals surface area (Å²) in [7, 11) is 0. The van der Waals surface area contributed by atoms with E-state index in [4.69, 9.17) is 27.9 Å². The predicted molar refractivity (Wildman–Crippen MR) is 181 cm³/mol. The average molecular weight is 658 g/mol. The minimum absolute atomic E-state index is 0.0988. The molecule has 0 saturated heterocycles. The fraction of sp³-hybridized carbons (Fsp3) is 0.294. The summed E-state index contributed by atoms with van der Waals surface area (Å²) >= 11 is 15.6. The maximum atomic E-state index is 10.4. The molecule has 0 spiro atoms. The van der Waals surface area contributed by atoms with Gasteiger partial charge in [-0.2, -0.15) is 0 Å². The van der Waals surface area contributed by atoms with E-state index in [0.717, 1.165) is 42.7 Å². The summed E-state index contributed by atoms with van der Waals surface area (Å²) in [5, 5.41) is 22.3. The zero-order valence-electron chi connectivity index (χ0n) is 24.4. The predicted octanol–water partition coefficient (Wildman–Crippen LogP) is 9.00. The molecule has 0 aliphatic heterocycles. The van der Waals surface area contributed by atoms with Crippen LogP contribution in [-0.2, 0) is 17.8 Å². The number of hydrogen-bond acceptors (Lipinski definition) is 7. The first kappa shape index (κ1) is 33.5. The van der Waals surface area contributed by atoms with Gasteiger partial charge in [0, 0.05) is 67.9 Å². The van der Waals surface area contributed by atoms with Gasteiger partial charge in [-0.05, 0) is 74.5 Å². The highest BCUT2D eigenvalue weighted by Crippen LogP contribution is 2.27. The van der Waals surface area contributed by atoms with Crippen molar-refractivity contribution in [2.24, 2.45) is 0 Å². The molecule has 2 atom stereocenters. The minimum atomic E-state index is 0.0988. The molecule has 0 fully saturated rings. The Hall–Kier alpha value is -2.36. The third-order valence-electron chi connectivity index (χ3n) is 7.12. The van der Waals surface area contributed by atoms with E-state index in [1.54, 1.807) is 35.7 Å². The van der Waals surface area contributed by atoms with Crippen LogP contribution in [-0.4, -0.2) is 57.1 Å². The largest absolute Gasteiger partial charge is 0.508 e. The lowest BCUT2D eigenvalue weighted by molar-refractivity contribution is 0.0361. The molecule has 0 aliphatic rings. The summed E-state index contributed by atoms with van der Waals surface area (Å²) in [5.74, 6) is 2.05. The van der Waals surface area contributed by atoms with E-state index >= 15 is 0 Å². The first-order chi connectivity index (χ1) is 20.8. The fourth-order valence-electron chi connectivity index (χ4n) is 4.38. The van der Waals surface area contributed by atoms with E-state index < -0.39 is 0 Å². The van der Waals surface area contributed by atoms with Gasteiger partial charge in [-0.25, -0.2) is 0 Å².